The minimum absolute atomic E-state index is 0.0124. The number of anilines is 1. The van der Waals surface area contributed by atoms with Crippen molar-refractivity contribution in [3.05, 3.63) is 77.4 Å². The van der Waals surface area contributed by atoms with Gasteiger partial charge in [0.25, 0.3) is 23.0 Å². The van der Waals surface area contributed by atoms with Crippen LogP contribution < -0.4 is 10.6 Å². The first-order valence-electron chi connectivity index (χ1n) is 7.96. The molecular weight excluding hydrogens is 374 g/mol. The lowest BCUT2D eigenvalue weighted by atomic mass is 9.98. The highest BCUT2D eigenvalue weighted by Gasteiger charge is 2.31. The van der Waals surface area contributed by atoms with E-state index in [1.54, 1.807) is 11.0 Å². The highest BCUT2D eigenvalue weighted by atomic mass is 16.6. The number of rotatable bonds is 5. The number of carbonyl (C=O) groups excluding carboxylic acids is 1. The molecule has 1 amide bonds. The number of nitro groups is 3. The Balaban J connectivity index is 2.10. The summed E-state index contributed by atoms with van der Waals surface area (Å²) >= 11 is 0. The van der Waals surface area contributed by atoms with Crippen LogP contribution in [0.25, 0.3) is 0 Å². The molecule has 2 N–H and O–H groups in total. The van der Waals surface area contributed by atoms with Crippen LogP contribution in [-0.4, -0.2) is 27.2 Å². The van der Waals surface area contributed by atoms with Crippen LogP contribution in [-0.2, 0) is 13.0 Å². The molecule has 0 atom stereocenters. The number of nitro benzene ring substituents is 3. The van der Waals surface area contributed by atoms with E-state index in [0.29, 0.717) is 24.6 Å². The molecule has 0 spiro atoms. The summed E-state index contributed by atoms with van der Waals surface area (Å²) in [6.07, 6.45) is 0.452. The van der Waals surface area contributed by atoms with Gasteiger partial charge in [0.15, 0.2) is 0 Å². The molecule has 0 aromatic heterocycles. The lowest BCUT2D eigenvalue weighted by Crippen LogP contribution is -2.31. The number of amides is 1. The molecule has 28 heavy (non-hydrogen) atoms. The van der Waals surface area contributed by atoms with E-state index in [4.69, 9.17) is 5.73 Å². The van der Waals surface area contributed by atoms with Gasteiger partial charge < -0.3 is 10.6 Å². The molecule has 1 aliphatic heterocycles. The van der Waals surface area contributed by atoms with Crippen LogP contribution in [0.2, 0.25) is 0 Å². The van der Waals surface area contributed by atoms with Crippen molar-refractivity contribution in [3.63, 3.8) is 0 Å². The number of carbonyl (C=O) groups is 1. The van der Waals surface area contributed by atoms with E-state index >= 15 is 0 Å². The number of fused-ring (bicyclic) bond motifs is 1. The number of primary amides is 1. The van der Waals surface area contributed by atoms with E-state index in [0.717, 1.165) is 11.6 Å². The van der Waals surface area contributed by atoms with Crippen LogP contribution in [0.3, 0.4) is 0 Å². The largest absolute Gasteiger partial charge is 0.365 e. The van der Waals surface area contributed by atoms with E-state index in [1.165, 1.54) is 12.1 Å². The molecule has 0 radical (unpaired) electrons. The molecule has 1 aliphatic rings. The second-order valence-electron chi connectivity index (χ2n) is 6.12. The third kappa shape index (κ3) is 3.30. The van der Waals surface area contributed by atoms with Gasteiger partial charge in [-0.15, -0.1) is 0 Å². The summed E-state index contributed by atoms with van der Waals surface area (Å²) in [6.45, 7) is 0.426. The van der Waals surface area contributed by atoms with Crippen molar-refractivity contribution in [3.8, 4) is 0 Å². The van der Waals surface area contributed by atoms with Crippen molar-refractivity contribution >= 4 is 28.7 Å². The lowest BCUT2D eigenvalue weighted by Gasteiger charge is -2.30. The summed E-state index contributed by atoms with van der Waals surface area (Å²) in [7, 11) is 0. The molecule has 2 aromatic rings. The summed E-state index contributed by atoms with van der Waals surface area (Å²) in [4.78, 5) is 44.5. The first kappa shape index (κ1) is 18.7. The molecule has 0 unspecified atom stereocenters. The maximum Gasteiger partial charge on any atom is 0.299 e. The average Bonchev–Trinajstić information content (AvgIpc) is 2.65. The van der Waals surface area contributed by atoms with Gasteiger partial charge in [-0.3, -0.25) is 35.1 Å². The molecule has 0 fully saturated rings. The number of nitrogens with zero attached hydrogens (tertiary/aromatic N) is 4. The van der Waals surface area contributed by atoms with Gasteiger partial charge in [-0.25, -0.2) is 0 Å². The average molecular weight is 387 g/mol. The number of benzene rings is 2. The molecule has 0 saturated carbocycles. The molecular formula is C16H13N5O7. The first-order chi connectivity index (χ1) is 13.2. The molecule has 144 valence electrons. The maximum atomic E-state index is 11.6. The highest BCUT2D eigenvalue weighted by molar-refractivity contribution is 5.99. The van der Waals surface area contributed by atoms with Gasteiger partial charge in [0.2, 0.25) is 0 Å². The number of nitrogens with two attached hydrogens (primary N) is 1. The summed E-state index contributed by atoms with van der Waals surface area (Å²) < 4.78 is 0. The summed E-state index contributed by atoms with van der Waals surface area (Å²) in [5, 5.41) is 33.6. The van der Waals surface area contributed by atoms with Gasteiger partial charge in [-0.1, -0.05) is 6.07 Å². The minimum Gasteiger partial charge on any atom is -0.365 e. The zero-order valence-electron chi connectivity index (χ0n) is 14.2. The maximum absolute atomic E-state index is 11.6. The zero-order chi connectivity index (χ0) is 20.6. The Bertz CT molecular complexity index is 1040. The van der Waals surface area contributed by atoms with E-state index in [1.807, 2.05) is 0 Å². The highest BCUT2D eigenvalue weighted by Crippen LogP contribution is 2.37. The van der Waals surface area contributed by atoms with Crippen LogP contribution in [0.5, 0.6) is 0 Å². The number of hydrogen-bond acceptors (Lipinski definition) is 8. The van der Waals surface area contributed by atoms with Gasteiger partial charge in [-0.2, -0.15) is 0 Å². The van der Waals surface area contributed by atoms with Crippen LogP contribution in [0.1, 0.15) is 21.5 Å². The summed E-state index contributed by atoms with van der Waals surface area (Å²) in [5.41, 5.74) is 4.79. The van der Waals surface area contributed by atoms with E-state index in [9.17, 15) is 35.1 Å². The van der Waals surface area contributed by atoms with Crippen molar-refractivity contribution in [1.29, 1.82) is 0 Å². The Morgan fingerprint density at radius 3 is 2.18 bits per heavy atom. The Morgan fingerprint density at radius 1 is 0.929 bits per heavy atom. The molecule has 0 aliphatic carbocycles. The quantitative estimate of drug-likeness (QED) is 0.598. The Kier molecular flexibility index (Phi) is 4.61. The second-order valence-corrected chi connectivity index (χ2v) is 6.12. The minimum atomic E-state index is -1.09. The molecule has 12 nitrogen and oxygen atoms in total. The van der Waals surface area contributed by atoms with Crippen molar-refractivity contribution in [2.24, 2.45) is 5.73 Å². The smallest absolute Gasteiger partial charge is 0.299 e. The zero-order valence-corrected chi connectivity index (χ0v) is 14.2. The molecule has 0 saturated heterocycles. The van der Waals surface area contributed by atoms with Crippen LogP contribution in [0, 0.1) is 30.3 Å². The third-order valence-corrected chi connectivity index (χ3v) is 4.51. The monoisotopic (exact) mass is 387 g/mol. The standard InChI is InChI=1S/C16H13N5O7/c17-16(22)12-6-14(15(21(27)28)7-13(12)20(25)26)18-4-3-9-1-2-11(19(23)24)5-10(9)8-18/h1-2,5-7H,3-4,8H2,(H2,17,22). The Hall–Kier alpha value is -4.09. The van der Waals surface area contributed by atoms with E-state index in [2.05, 4.69) is 0 Å². The van der Waals surface area contributed by atoms with E-state index < -0.39 is 37.6 Å². The predicted octanol–water partition coefficient (Wildman–Crippen LogP) is 2.07. The van der Waals surface area contributed by atoms with Gasteiger partial charge >= 0.3 is 0 Å². The second kappa shape index (κ2) is 6.90. The van der Waals surface area contributed by atoms with Crippen molar-refractivity contribution < 1.29 is 19.6 Å². The van der Waals surface area contributed by atoms with Crippen LogP contribution in [0.15, 0.2) is 30.3 Å². The summed E-state index contributed by atoms with van der Waals surface area (Å²) in [5.74, 6) is -1.09. The molecule has 2 aromatic carbocycles. The SMILES string of the molecule is NC(=O)c1cc(N2CCc3ccc([N+](=O)[O-])cc3C2)c([N+](=O)[O-])cc1[N+](=O)[O-]. The van der Waals surface area contributed by atoms with Crippen molar-refractivity contribution in [2.75, 3.05) is 11.4 Å². The van der Waals surface area contributed by atoms with Crippen LogP contribution >= 0.6 is 0 Å². The fourth-order valence-electron chi connectivity index (χ4n) is 3.18. The predicted molar refractivity (Wildman–Crippen MR) is 96.1 cm³/mol. The van der Waals surface area contributed by atoms with Crippen LogP contribution in [0.4, 0.5) is 22.7 Å². The topological polar surface area (TPSA) is 176 Å². The summed E-state index contributed by atoms with van der Waals surface area (Å²) in [6, 6.07) is 6.13. The van der Waals surface area contributed by atoms with Gasteiger partial charge in [0.1, 0.15) is 11.3 Å². The van der Waals surface area contributed by atoms with Gasteiger partial charge in [-0.05, 0) is 23.6 Å². The van der Waals surface area contributed by atoms with Crippen molar-refractivity contribution in [2.45, 2.75) is 13.0 Å². The number of hydrogen-bond donors (Lipinski definition) is 1. The van der Waals surface area contributed by atoms with Crippen molar-refractivity contribution in [1.82, 2.24) is 0 Å². The fourth-order valence-corrected chi connectivity index (χ4v) is 3.18. The fraction of sp³-hybridized carbons (Fsp3) is 0.188. The third-order valence-electron chi connectivity index (χ3n) is 4.51. The lowest BCUT2D eigenvalue weighted by molar-refractivity contribution is -0.393. The normalized spacial score (nSPS) is 12.9. The van der Waals surface area contributed by atoms with Gasteiger partial charge in [0, 0.05) is 25.2 Å². The van der Waals surface area contributed by atoms with Gasteiger partial charge in [0.05, 0.1) is 20.8 Å². The molecule has 12 heteroatoms. The Morgan fingerprint density at radius 2 is 1.61 bits per heavy atom. The molecule has 1 heterocycles. The first-order valence-corrected chi connectivity index (χ1v) is 7.96. The molecule has 3 rings (SSSR count). The Labute approximate surface area is 156 Å². The number of non-ortho nitro benzene ring substituents is 1. The van der Waals surface area contributed by atoms with E-state index in [-0.39, 0.29) is 17.9 Å². The molecule has 0 bridgehead atoms.